The third-order valence-corrected chi connectivity index (χ3v) is 7.95. The maximum Gasteiger partial charge on any atom is 0.364 e. The maximum absolute atomic E-state index is 13.7. The largest absolute Gasteiger partial charge is 0.376 e. The predicted molar refractivity (Wildman–Crippen MR) is 105 cm³/mol. The van der Waals surface area contributed by atoms with E-state index >= 15 is 0 Å². The topological polar surface area (TPSA) is 55.8 Å². The fourth-order valence-electron chi connectivity index (χ4n) is 3.81. The summed E-state index contributed by atoms with van der Waals surface area (Å²) in [4.78, 5) is 0. The maximum atomic E-state index is 13.7. The Labute approximate surface area is 165 Å². The molecule has 26 heavy (non-hydrogen) atoms. The zero-order valence-electron chi connectivity index (χ0n) is 14.9. The van der Waals surface area contributed by atoms with Crippen LogP contribution in [0.2, 0.25) is 10.0 Å². The van der Waals surface area contributed by atoms with Gasteiger partial charge >= 0.3 is 7.60 Å². The summed E-state index contributed by atoms with van der Waals surface area (Å²) >= 11 is 12.5. The Bertz CT molecular complexity index is 598. The van der Waals surface area contributed by atoms with Crippen molar-refractivity contribution in [3.8, 4) is 0 Å². The lowest BCUT2D eigenvalue weighted by Gasteiger charge is -2.33. The van der Waals surface area contributed by atoms with Gasteiger partial charge in [-0.2, -0.15) is 0 Å². The lowest BCUT2D eigenvalue weighted by molar-refractivity contribution is 0.0545. The molecule has 1 N–H and O–H groups in total. The van der Waals surface area contributed by atoms with Crippen molar-refractivity contribution in [2.75, 3.05) is 0 Å². The third-order valence-electron chi connectivity index (χ3n) is 5.25. The first-order valence-corrected chi connectivity index (χ1v) is 11.9. The summed E-state index contributed by atoms with van der Waals surface area (Å²) in [6.45, 7) is 0. The van der Waals surface area contributed by atoms with Crippen molar-refractivity contribution in [1.29, 1.82) is 0 Å². The Morgan fingerprint density at radius 1 is 0.885 bits per heavy atom. The van der Waals surface area contributed by atoms with Gasteiger partial charge in [-0.25, -0.2) is 0 Å². The molecule has 0 heterocycles. The second-order valence-electron chi connectivity index (χ2n) is 7.28. The molecule has 0 radical (unpaired) electrons. The second-order valence-corrected chi connectivity index (χ2v) is 10.1. The minimum absolute atomic E-state index is 0.158. The number of rotatable bonds is 6. The predicted octanol–water partition coefficient (Wildman–Crippen LogP) is 6.88. The van der Waals surface area contributed by atoms with E-state index in [4.69, 9.17) is 32.2 Å². The van der Waals surface area contributed by atoms with Crippen LogP contribution < -0.4 is 0 Å². The molecule has 0 unspecified atom stereocenters. The van der Waals surface area contributed by atoms with Crippen LogP contribution in [0.5, 0.6) is 0 Å². The van der Waals surface area contributed by atoms with Crippen LogP contribution in [-0.2, 0) is 13.6 Å². The lowest BCUT2D eigenvalue weighted by Crippen LogP contribution is -2.23. The Morgan fingerprint density at radius 2 is 1.31 bits per heavy atom. The molecule has 2 fully saturated rings. The molecular weight excluding hydrogens is 394 g/mol. The Balaban J connectivity index is 1.86. The zero-order valence-corrected chi connectivity index (χ0v) is 17.3. The normalized spacial score (nSPS) is 21.7. The number of hydrogen-bond donors (Lipinski definition) is 1. The number of hydrogen-bond acceptors (Lipinski definition) is 4. The molecular formula is C19H27Cl2O4P. The molecule has 0 aliphatic heterocycles. The molecule has 2 saturated carbocycles. The highest BCUT2D eigenvalue weighted by Crippen LogP contribution is 2.64. The van der Waals surface area contributed by atoms with E-state index in [1.54, 1.807) is 18.2 Å². The van der Waals surface area contributed by atoms with Crippen LogP contribution in [0.1, 0.15) is 75.6 Å². The Hall–Kier alpha value is -0.0900. The smallest absolute Gasteiger partial charge is 0.364 e. The first-order chi connectivity index (χ1) is 12.5. The SMILES string of the molecule is O=P(OC1CCCCC1)(OC1CCCCC1)[C@H](O)c1c(Cl)cccc1Cl. The van der Waals surface area contributed by atoms with Crippen LogP contribution >= 0.6 is 30.8 Å². The minimum Gasteiger partial charge on any atom is -0.376 e. The molecule has 0 bridgehead atoms. The molecule has 0 saturated heterocycles. The molecule has 1 aromatic carbocycles. The van der Waals surface area contributed by atoms with Crippen LogP contribution in [0.4, 0.5) is 0 Å². The molecule has 2 aliphatic carbocycles. The molecule has 1 aromatic rings. The van der Waals surface area contributed by atoms with Crippen molar-refractivity contribution in [2.24, 2.45) is 0 Å². The minimum atomic E-state index is -3.84. The van der Waals surface area contributed by atoms with Crippen molar-refractivity contribution in [1.82, 2.24) is 0 Å². The fraction of sp³-hybridized carbons (Fsp3) is 0.684. The summed E-state index contributed by atoms with van der Waals surface area (Å²) in [6.07, 6.45) is 9.49. The Morgan fingerprint density at radius 3 is 1.73 bits per heavy atom. The molecule has 1 atom stereocenters. The highest BCUT2D eigenvalue weighted by atomic mass is 35.5. The van der Waals surface area contributed by atoms with Gasteiger partial charge < -0.3 is 14.2 Å². The van der Waals surface area contributed by atoms with Crippen LogP contribution in [0.15, 0.2) is 18.2 Å². The van der Waals surface area contributed by atoms with Crippen LogP contribution in [0.25, 0.3) is 0 Å². The number of aliphatic hydroxyl groups excluding tert-OH is 1. The van der Waals surface area contributed by atoms with E-state index in [1.807, 2.05) is 0 Å². The van der Waals surface area contributed by atoms with E-state index in [0.29, 0.717) is 0 Å². The summed E-state index contributed by atoms with van der Waals surface area (Å²) in [7, 11) is -3.84. The van der Waals surface area contributed by atoms with Gasteiger partial charge in [0.05, 0.1) is 12.2 Å². The van der Waals surface area contributed by atoms with Crippen molar-refractivity contribution in [3.05, 3.63) is 33.8 Å². The molecule has 2 aliphatic rings. The first-order valence-electron chi connectivity index (χ1n) is 9.58. The summed E-state index contributed by atoms with van der Waals surface area (Å²) in [5, 5.41) is 11.5. The van der Waals surface area contributed by atoms with Crippen molar-refractivity contribution in [2.45, 2.75) is 82.3 Å². The average molecular weight is 421 g/mol. The van der Waals surface area contributed by atoms with Gasteiger partial charge in [-0.1, -0.05) is 67.8 Å². The highest BCUT2D eigenvalue weighted by molar-refractivity contribution is 7.54. The van der Waals surface area contributed by atoms with Gasteiger partial charge in [-0.05, 0) is 37.8 Å². The lowest BCUT2D eigenvalue weighted by atomic mass is 9.98. The van der Waals surface area contributed by atoms with Gasteiger partial charge in [0.2, 0.25) is 0 Å². The molecule has 0 amide bonds. The van der Waals surface area contributed by atoms with Crippen molar-refractivity contribution >= 4 is 30.8 Å². The summed E-state index contributed by atoms with van der Waals surface area (Å²) < 4.78 is 25.7. The number of halogens is 2. The fourth-order valence-corrected chi connectivity index (χ4v) is 6.70. The second kappa shape index (κ2) is 9.41. The molecule has 0 aromatic heterocycles. The van der Waals surface area contributed by atoms with E-state index in [9.17, 15) is 9.67 Å². The van der Waals surface area contributed by atoms with E-state index in [1.165, 1.54) is 0 Å². The zero-order chi connectivity index (χ0) is 18.6. The molecule has 0 spiro atoms. The monoisotopic (exact) mass is 420 g/mol. The van der Waals surface area contributed by atoms with E-state index in [2.05, 4.69) is 0 Å². The quantitative estimate of drug-likeness (QED) is 0.509. The van der Waals surface area contributed by atoms with Gasteiger partial charge in [-0.15, -0.1) is 0 Å². The average Bonchev–Trinajstić information content (AvgIpc) is 2.63. The Kier molecular flexibility index (Phi) is 7.47. The summed E-state index contributed by atoms with van der Waals surface area (Å²) in [5.41, 5.74) is 0.228. The van der Waals surface area contributed by atoms with Gasteiger partial charge in [0.25, 0.3) is 0 Å². The van der Waals surface area contributed by atoms with E-state index < -0.39 is 13.4 Å². The standard InChI is InChI=1S/C19H27Cl2O4P/c20-16-12-7-13-17(21)18(16)19(22)26(23,24-14-8-3-1-4-9-14)25-15-10-5-2-6-11-15/h7,12-15,19,22H,1-6,8-11H2/t19-/m0/s1. The number of benzene rings is 1. The molecule has 4 nitrogen and oxygen atoms in total. The number of aliphatic hydroxyl groups is 1. The van der Waals surface area contributed by atoms with Crippen LogP contribution in [0.3, 0.4) is 0 Å². The van der Waals surface area contributed by atoms with Gasteiger partial charge in [0.15, 0.2) is 5.85 Å². The van der Waals surface area contributed by atoms with Gasteiger partial charge in [0, 0.05) is 15.6 Å². The third kappa shape index (κ3) is 5.04. The summed E-state index contributed by atoms with van der Waals surface area (Å²) in [5.74, 6) is -1.48. The molecule has 3 rings (SSSR count). The highest BCUT2D eigenvalue weighted by Gasteiger charge is 2.42. The van der Waals surface area contributed by atoms with Gasteiger partial charge in [-0.3, -0.25) is 4.57 Å². The van der Waals surface area contributed by atoms with Gasteiger partial charge in [0.1, 0.15) is 0 Å². The van der Waals surface area contributed by atoms with Crippen LogP contribution in [0, 0.1) is 0 Å². The summed E-state index contributed by atoms with van der Waals surface area (Å²) in [6, 6.07) is 4.94. The first kappa shape index (κ1) is 20.6. The van der Waals surface area contributed by atoms with E-state index in [0.717, 1.165) is 64.2 Å². The van der Waals surface area contributed by atoms with Crippen LogP contribution in [-0.4, -0.2) is 17.3 Å². The van der Waals surface area contributed by atoms with Crippen molar-refractivity contribution < 1.29 is 18.7 Å². The van der Waals surface area contributed by atoms with Crippen molar-refractivity contribution in [3.63, 3.8) is 0 Å². The molecule has 7 heteroatoms. The van der Waals surface area contributed by atoms with E-state index in [-0.39, 0.29) is 27.8 Å². The molecule has 146 valence electrons.